The van der Waals surface area contributed by atoms with Gasteiger partial charge in [-0.25, -0.2) is 0 Å². The molecule has 0 radical (unpaired) electrons. The van der Waals surface area contributed by atoms with Crippen LogP contribution in [-0.2, 0) is 4.79 Å². The minimum atomic E-state index is -0.0742. The highest BCUT2D eigenvalue weighted by molar-refractivity contribution is 5.92. The van der Waals surface area contributed by atoms with Crippen LogP contribution in [0.2, 0.25) is 0 Å². The molecule has 6 nitrogen and oxygen atoms in total. The Balaban J connectivity index is 1.99. The van der Waals surface area contributed by atoms with Gasteiger partial charge in [-0.2, -0.15) is 5.10 Å². The summed E-state index contributed by atoms with van der Waals surface area (Å²) in [5, 5.41) is 6.68. The van der Waals surface area contributed by atoms with E-state index in [9.17, 15) is 9.59 Å². The number of aromatic amines is 1. The second kappa shape index (κ2) is 4.34. The van der Waals surface area contributed by atoms with Crippen LogP contribution < -0.4 is 0 Å². The molecule has 2 heterocycles. The van der Waals surface area contributed by atoms with Gasteiger partial charge in [0.05, 0.1) is 0 Å². The van der Waals surface area contributed by atoms with Crippen LogP contribution in [0.15, 0.2) is 6.07 Å². The summed E-state index contributed by atoms with van der Waals surface area (Å²) in [6.45, 7) is 4.19. The van der Waals surface area contributed by atoms with Gasteiger partial charge >= 0.3 is 0 Å². The quantitative estimate of drug-likeness (QED) is 0.694. The molecule has 16 heavy (non-hydrogen) atoms. The average Bonchev–Trinajstić information content (AvgIpc) is 2.75. The fourth-order valence-electron chi connectivity index (χ4n) is 1.72. The molecule has 86 valence electrons. The number of hydrogen-bond donors (Lipinski definition) is 1. The molecule has 1 aliphatic rings. The van der Waals surface area contributed by atoms with Crippen molar-refractivity contribution in [3.05, 3.63) is 17.5 Å². The van der Waals surface area contributed by atoms with Gasteiger partial charge in [0.2, 0.25) is 6.41 Å². The summed E-state index contributed by atoms with van der Waals surface area (Å²) in [5.41, 5.74) is 1.31. The lowest BCUT2D eigenvalue weighted by Gasteiger charge is -2.32. The lowest BCUT2D eigenvalue weighted by molar-refractivity contribution is -0.119. The van der Waals surface area contributed by atoms with Crippen molar-refractivity contribution < 1.29 is 9.59 Å². The Morgan fingerprint density at radius 2 is 2.12 bits per heavy atom. The molecule has 6 heteroatoms. The third kappa shape index (κ3) is 2.05. The van der Waals surface area contributed by atoms with Crippen LogP contribution in [0, 0.1) is 6.92 Å². The summed E-state index contributed by atoms with van der Waals surface area (Å²) in [6, 6.07) is 1.73. The number of nitrogens with zero attached hydrogens (tertiary/aromatic N) is 3. The van der Waals surface area contributed by atoms with Gasteiger partial charge in [-0.15, -0.1) is 0 Å². The van der Waals surface area contributed by atoms with Crippen LogP contribution in [0.25, 0.3) is 0 Å². The second-order valence-corrected chi connectivity index (χ2v) is 3.87. The molecule has 1 N–H and O–H groups in total. The molecule has 0 unspecified atom stereocenters. The standard InChI is InChI=1S/C10H14N4O2/c1-8-6-9(12-11-8)10(16)14-4-2-13(7-15)3-5-14/h6-7H,2-5H2,1H3,(H,11,12). The lowest BCUT2D eigenvalue weighted by Crippen LogP contribution is -2.48. The zero-order valence-corrected chi connectivity index (χ0v) is 9.14. The number of hydrogen-bond acceptors (Lipinski definition) is 3. The highest BCUT2D eigenvalue weighted by Crippen LogP contribution is 2.06. The van der Waals surface area contributed by atoms with Crippen LogP contribution in [0.3, 0.4) is 0 Å². The van der Waals surface area contributed by atoms with Gasteiger partial charge in [-0.3, -0.25) is 14.7 Å². The molecule has 1 aromatic heterocycles. The van der Waals surface area contributed by atoms with Crippen molar-refractivity contribution in [3.8, 4) is 0 Å². The van der Waals surface area contributed by atoms with E-state index in [1.807, 2.05) is 6.92 Å². The predicted molar refractivity (Wildman–Crippen MR) is 56.9 cm³/mol. The van der Waals surface area contributed by atoms with E-state index in [4.69, 9.17) is 0 Å². The Morgan fingerprint density at radius 3 is 2.62 bits per heavy atom. The first-order chi connectivity index (χ1) is 7.70. The Morgan fingerprint density at radius 1 is 1.44 bits per heavy atom. The SMILES string of the molecule is Cc1cc(C(=O)N2CCN(C=O)CC2)n[nH]1. The van der Waals surface area contributed by atoms with E-state index in [0.29, 0.717) is 31.9 Å². The smallest absolute Gasteiger partial charge is 0.274 e. The van der Waals surface area contributed by atoms with Gasteiger partial charge in [0.15, 0.2) is 0 Å². The van der Waals surface area contributed by atoms with E-state index in [1.165, 1.54) is 0 Å². The van der Waals surface area contributed by atoms with E-state index < -0.39 is 0 Å². The molecule has 1 aliphatic heterocycles. The van der Waals surface area contributed by atoms with E-state index >= 15 is 0 Å². The van der Waals surface area contributed by atoms with E-state index in [1.54, 1.807) is 15.9 Å². The fourth-order valence-corrected chi connectivity index (χ4v) is 1.72. The highest BCUT2D eigenvalue weighted by Gasteiger charge is 2.22. The maximum atomic E-state index is 11.9. The number of aromatic nitrogens is 2. The van der Waals surface area contributed by atoms with Gasteiger partial charge in [0.1, 0.15) is 5.69 Å². The second-order valence-electron chi connectivity index (χ2n) is 3.87. The molecule has 0 aliphatic carbocycles. The van der Waals surface area contributed by atoms with Gasteiger partial charge in [-0.05, 0) is 13.0 Å². The highest BCUT2D eigenvalue weighted by atomic mass is 16.2. The van der Waals surface area contributed by atoms with Gasteiger partial charge in [0.25, 0.3) is 5.91 Å². The number of nitrogens with one attached hydrogen (secondary N) is 1. The van der Waals surface area contributed by atoms with E-state index in [-0.39, 0.29) is 5.91 Å². The summed E-state index contributed by atoms with van der Waals surface area (Å²) >= 11 is 0. The van der Waals surface area contributed by atoms with Crippen molar-refractivity contribution in [2.75, 3.05) is 26.2 Å². The lowest BCUT2D eigenvalue weighted by atomic mass is 10.3. The van der Waals surface area contributed by atoms with Crippen molar-refractivity contribution in [3.63, 3.8) is 0 Å². The Hall–Kier alpha value is -1.85. The number of carbonyl (C=O) groups is 2. The van der Waals surface area contributed by atoms with Crippen molar-refractivity contribution in [1.82, 2.24) is 20.0 Å². The normalized spacial score (nSPS) is 16.3. The van der Waals surface area contributed by atoms with Crippen molar-refractivity contribution in [1.29, 1.82) is 0 Å². The molecular formula is C10H14N4O2. The number of piperazine rings is 1. The largest absolute Gasteiger partial charge is 0.342 e. The Bertz CT molecular complexity index is 393. The van der Waals surface area contributed by atoms with Gasteiger partial charge < -0.3 is 9.80 Å². The minimum Gasteiger partial charge on any atom is -0.342 e. The fraction of sp³-hybridized carbons (Fsp3) is 0.500. The monoisotopic (exact) mass is 222 g/mol. The van der Waals surface area contributed by atoms with Crippen molar-refractivity contribution in [2.45, 2.75) is 6.92 Å². The molecule has 0 bridgehead atoms. The van der Waals surface area contributed by atoms with Gasteiger partial charge in [-0.1, -0.05) is 0 Å². The predicted octanol–water partition coefficient (Wildman–Crippen LogP) is -0.368. The Kier molecular flexibility index (Phi) is 2.89. The molecule has 0 saturated carbocycles. The van der Waals surface area contributed by atoms with Crippen LogP contribution in [0.1, 0.15) is 16.2 Å². The molecule has 1 saturated heterocycles. The molecule has 2 rings (SSSR count). The van der Waals surface area contributed by atoms with E-state index in [2.05, 4.69) is 10.2 Å². The summed E-state index contributed by atoms with van der Waals surface area (Å²) in [7, 11) is 0. The molecule has 1 aromatic rings. The average molecular weight is 222 g/mol. The summed E-state index contributed by atoms with van der Waals surface area (Å²) in [6.07, 6.45) is 0.820. The van der Waals surface area contributed by atoms with E-state index in [0.717, 1.165) is 12.1 Å². The number of rotatable bonds is 2. The molecule has 2 amide bonds. The zero-order chi connectivity index (χ0) is 11.5. The molecule has 0 aromatic carbocycles. The first-order valence-corrected chi connectivity index (χ1v) is 5.21. The molecule has 1 fully saturated rings. The number of aryl methyl sites for hydroxylation is 1. The van der Waals surface area contributed by atoms with Crippen LogP contribution in [0.4, 0.5) is 0 Å². The van der Waals surface area contributed by atoms with Gasteiger partial charge in [0, 0.05) is 31.9 Å². The number of carbonyl (C=O) groups excluding carboxylic acids is 2. The van der Waals surface area contributed by atoms with Crippen LogP contribution in [-0.4, -0.2) is 58.5 Å². The summed E-state index contributed by atoms with van der Waals surface area (Å²) in [4.78, 5) is 25.8. The van der Waals surface area contributed by atoms with Crippen molar-refractivity contribution >= 4 is 12.3 Å². The first kappa shape index (κ1) is 10.7. The molecule has 0 spiro atoms. The molecular weight excluding hydrogens is 208 g/mol. The summed E-state index contributed by atoms with van der Waals surface area (Å²) in [5.74, 6) is -0.0742. The topological polar surface area (TPSA) is 69.3 Å². The number of H-pyrrole nitrogens is 1. The first-order valence-electron chi connectivity index (χ1n) is 5.21. The zero-order valence-electron chi connectivity index (χ0n) is 9.14. The minimum absolute atomic E-state index is 0.0742. The maximum Gasteiger partial charge on any atom is 0.274 e. The Labute approximate surface area is 93.2 Å². The third-order valence-electron chi connectivity index (χ3n) is 2.68. The number of amides is 2. The maximum absolute atomic E-state index is 11.9. The van der Waals surface area contributed by atoms with Crippen LogP contribution in [0.5, 0.6) is 0 Å². The summed E-state index contributed by atoms with van der Waals surface area (Å²) < 4.78 is 0. The third-order valence-corrected chi connectivity index (χ3v) is 2.68. The van der Waals surface area contributed by atoms with Crippen molar-refractivity contribution in [2.24, 2.45) is 0 Å². The van der Waals surface area contributed by atoms with Crippen LogP contribution >= 0.6 is 0 Å². The molecule has 0 atom stereocenters.